The van der Waals surface area contributed by atoms with Crippen molar-refractivity contribution in [3.8, 4) is 28.8 Å². The minimum atomic E-state index is -4.64. The molecule has 0 saturated carbocycles. The smallest absolute Gasteiger partial charge is 0.345 e. The number of aryl methyl sites for hydroxylation is 1. The van der Waals surface area contributed by atoms with Gasteiger partial charge >= 0.3 is 6.18 Å². The van der Waals surface area contributed by atoms with Crippen molar-refractivity contribution in [3.05, 3.63) is 118 Å². The number of halogens is 3. The lowest BCUT2D eigenvalue weighted by Gasteiger charge is -2.15. The molecule has 0 aliphatic carbocycles. The number of aromatic nitrogens is 5. The molecule has 0 saturated heterocycles. The first-order valence-electron chi connectivity index (χ1n) is 12.8. The van der Waals surface area contributed by atoms with Crippen LogP contribution in [-0.2, 0) is 20.3 Å². The van der Waals surface area contributed by atoms with Gasteiger partial charge in [0, 0.05) is 19.2 Å². The Morgan fingerprint density at radius 1 is 1.05 bits per heavy atom. The molecule has 0 spiro atoms. The molecule has 5 rings (SSSR count). The average Bonchev–Trinajstić information content (AvgIpc) is 3.54. The average molecular weight is 573 g/mol. The monoisotopic (exact) mass is 572 g/mol. The maximum Gasteiger partial charge on any atom is 0.416 e. The molecule has 42 heavy (non-hydrogen) atoms. The zero-order chi connectivity index (χ0) is 30.2. The summed E-state index contributed by atoms with van der Waals surface area (Å²) in [5.74, 6) is -0.704. The van der Waals surface area contributed by atoms with E-state index in [4.69, 9.17) is 0 Å². The van der Waals surface area contributed by atoms with E-state index in [1.165, 1.54) is 34.7 Å². The van der Waals surface area contributed by atoms with E-state index < -0.39 is 29.2 Å². The summed E-state index contributed by atoms with van der Waals surface area (Å²) >= 11 is 0. The highest BCUT2D eigenvalue weighted by atomic mass is 19.4. The zero-order valence-corrected chi connectivity index (χ0v) is 22.8. The number of amides is 1. The van der Waals surface area contributed by atoms with Gasteiger partial charge in [-0.15, -0.1) is 0 Å². The van der Waals surface area contributed by atoms with Crippen LogP contribution in [0.2, 0.25) is 0 Å². The van der Waals surface area contributed by atoms with E-state index in [0.717, 1.165) is 22.4 Å². The van der Waals surface area contributed by atoms with Gasteiger partial charge in [-0.25, -0.2) is 13.9 Å². The third kappa shape index (κ3) is 5.19. The van der Waals surface area contributed by atoms with Gasteiger partial charge in [0.25, 0.3) is 11.5 Å². The predicted molar refractivity (Wildman–Crippen MR) is 147 cm³/mol. The molecule has 212 valence electrons. The van der Waals surface area contributed by atoms with Crippen molar-refractivity contribution in [2.45, 2.75) is 19.1 Å². The molecule has 9 nitrogen and oxygen atoms in total. The van der Waals surface area contributed by atoms with Crippen LogP contribution in [0.25, 0.3) is 22.8 Å². The fourth-order valence-electron chi connectivity index (χ4n) is 4.73. The first kappa shape index (κ1) is 28.1. The molecule has 5 aromatic rings. The van der Waals surface area contributed by atoms with Crippen molar-refractivity contribution in [1.82, 2.24) is 24.5 Å². The van der Waals surface area contributed by atoms with Crippen molar-refractivity contribution >= 4 is 5.91 Å². The van der Waals surface area contributed by atoms with Gasteiger partial charge < -0.3 is 5.32 Å². The number of rotatable bonds is 6. The molecule has 1 unspecified atom stereocenters. The Kier molecular flexibility index (Phi) is 7.26. The number of carbonyl (C=O) groups excluding carboxylic acids is 1. The second-order valence-corrected chi connectivity index (χ2v) is 9.69. The van der Waals surface area contributed by atoms with E-state index in [0.29, 0.717) is 16.9 Å². The predicted octanol–water partition coefficient (Wildman–Crippen LogP) is 4.23. The van der Waals surface area contributed by atoms with Gasteiger partial charge in [-0.05, 0) is 61.0 Å². The lowest BCUT2D eigenvalue weighted by molar-refractivity contribution is -0.671. The quantitative estimate of drug-likeness (QED) is 0.308. The lowest BCUT2D eigenvalue weighted by atomic mass is 10.1. The fourth-order valence-corrected chi connectivity index (χ4v) is 4.73. The normalized spacial score (nSPS) is 12.1. The van der Waals surface area contributed by atoms with E-state index in [1.54, 1.807) is 37.3 Å². The second kappa shape index (κ2) is 10.9. The fraction of sp³-hybridized carbons (Fsp3) is 0.167. The number of hydrogen-bond acceptors (Lipinski definition) is 4. The van der Waals surface area contributed by atoms with Crippen LogP contribution >= 0.6 is 0 Å². The van der Waals surface area contributed by atoms with Crippen LogP contribution in [0.15, 0.2) is 90.1 Å². The van der Waals surface area contributed by atoms with Crippen LogP contribution in [0.1, 0.15) is 40.0 Å². The first-order chi connectivity index (χ1) is 20.0. The minimum Gasteiger partial charge on any atom is -0.345 e. The number of hydrogen-bond donors (Lipinski definition) is 1. The first-order valence-corrected chi connectivity index (χ1v) is 12.8. The SMILES string of the molecule is CC(NC(=O)c1c(-c2ccnn2-c2ccc(C#N)cc2)n(C)n(-c2cccc(C(F)(F)F)c2)c1=O)c1cc[n+](C)cc1. The number of carbonyl (C=O) groups is 1. The number of nitriles is 1. The Bertz CT molecular complexity index is 1880. The third-order valence-electron chi connectivity index (χ3n) is 6.89. The number of alkyl halides is 3. The summed E-state index contributed by atoms with van der Waals surface area (Å²) in [6.45, 7) is 1.77. The van der Waals surface area contributed by atoms with Crippen molar-refractivity contribution in [2.24, 2.45) is 14.1 Å². The Labute approximate surface area is 238 Å². The van der Waals surface area contributed by atoms with E-state index in [2.05, 4.69) is 10.4 Å². The highest BCUT2D eigenvalue weighted by Crippen LogP contribution is 2.31. The van der Waals surface area contributed by atoms with Crippen molar-refractivity contribution in [2.75, 3.05) is 0 Å². The van der Waals surface area contributed by atoms with Crippen LogP contribution in [0.5, 0.6) is 0 Å². The molecule has 1 N–H and O–H groups in total. The molecule has 1 amide bonds. The molecule has 3 heterocycles. The maximum atomic E-state index is 13.9. The molecule has 0 bridgehead atoms. The van der Waals surface area contributed by atoms with Gasteiger partial charge in [0.05, 0.1) is 46.5 Å². The van der Waals surface area contributed by atoms with Gasteiger partial charge in [-0.2, -0.15) is 23.5 Å². The van der Waals surface area contributed by atoms with E-state index in [-0.39, 0.29) is 16.9 Å². The second-order valence-electron chi connectivity index (χ2n) is 9.69. The van der Waals surface area contributed by atoms with Gasteiger partial charge in [-0.1, -0.05) is 6.07 Å². The van der Waals surface area contributed by atoms with E-state index >= 15 is 0 Å². The lowest BCUT2D eigenvalue weighted by Crippen LogP contribution is -2.33. The summed E-state index contributed by atoms with van der Waals surface area (Å²) in [5.41, 5.74) is 0.184. The Hall–Kier alpha value is -5.44. The van der Waals surface area contributed by atoms with Crippen LogP contribution in [0.4, 0.5) is 13.2 Å². The molecule has 1 atom stereocenters. The molecule has 2 aromatic carbocycles. The standard InChI is InChI=1S/C30H24F3N7O2/c1-19(21-12-15-37(2)16-13-21)36-28(41)26-27(25-11-14-35-39(25)23-9-7-20(18-34)8-10-23)38(3)40(29(26)42)24-6-4-5-22(17-24)30(31,32)33/h4-17,19H,1-3H3/p+1. The summed E-state index contributed by atoms with van der Waals surface area (Å²) in [7, 11) is 3.35. The number of nitrogens with one attached hydrogen (secondary N) is 1. The molecule has 0 fully saturated rings. The molecule has 3 aromatic heterocycles. The molecule has 0 aliphatic heterocycles. The summed E-state index contributed by atoms with van der Waals surface area (Å²) in [4.78, 5) is 27.7. The van der Waals surface area contributed by atoms with Crippen LogP contribution < -0.4 is 15.4 Å². The largest absolute Gasteiger partial charge is 0.416 e. The van der Waals surface area contributed by atoms with Crippen LogP contribution in [-0.4, -0.2) is 25.1 Å². The van der Waals surface area contributed by atoms with Crippen LogP contribution in [0, 0.1) is 11.3 Å². The highest BCUT2D eigenvalue weighted by molar-refractivity contribution is 6.00. The van der Waals surface area contributed by atoms with E-state index in [1.807, 2.05) is 42.2 Å². The minimum absolute atomic E-state index is 0.0642. The highest BCUT2D eigenvalue weighted by Gasteiger charge is 2.32. The Morgan fingerprint density at radius 3 is 2.38 bits per heavy atom. The van der Waals surface area contributed by atoms with Gasteiger partial charge in [0.1, 0.15) is 18.3 Å². The summed E-state index contributed by atoms with van der Waals surface area (Å²) in [6.07, 6.45) is 0.489. The molecule has 0 aliphatic rings. The maximum absolute atomic E-state index is 13.9. The van der Waals surface area contributed by atoms with Gasteiger partial charge in [0.15, 0.2) is 12.4 Å². The van der Waals surface area contributed by atoms with Crippen molar-refractivity contribution in [1.29, 1.82) is 5.26 Å². The Morgan fingerprint density at radius 2 is 1.74 bits per heavy atom. The van der Waals surface area contributed by atoms with Crippen molar-refractivity contribution < 1.29 is 22.5 Å². The summed E-state index contributed by atoms with van der Waals surface area (Å²) in [5, 5.41) is 16.4. The summed E-state index contributed by atoms with van der Waals surface area (Å²) in [6, 6.07) is 17.7. The van der Waals surface area contributed by atoms with Crippen molar-refractivity contribution in [3.63, 3.8) is 0 Å². The van der Waals surface area contributed by atoms with Gasteiger partial charge in [-0.3, -0.25) is 14.3 Å². The van der Waals surface area contributed by atoms with Crippen LogP contribution in [0.3, 0.4) is 0 Å². The zero-order valence-electron chi connectivity index (χ0n) is 22.8. The number of pyridine rings is 1. The molecule has 12 heteroatoms. The number of benzene rings is 2. The third-order valence-corrected chi connectivity index (χ3v) is 6.89. The molecular formula is C30H25F3N7O2+. The topological polar surface area (TPSA) is 102 Å². The summed E-state index contributed by atoms with van der Waals surface area (Å²) < 4.78 is 46.4. The van der Waals surface area contributed by atoms with Gasteiger partial charge in [0.2, 0.25) is 0 Å². The Balaban J connectivity index is 1.69. The number of nitrogens with zero attached hydrogens (tertiary/aromatic N) is 6. The van der Waals surface area contributed by atoms with E-state index in [9.17, 15) is 28.0 Å². The molecule has 0 radical (unpaired) electrons. The molecular weight excluding hydrogens is 547 g/mol.